The molecule has 0 bridgehead atoms. The molecule has 0 saturated carbocycles. The lowest BCUT2D eigenvalue weighted by Gasteiger charge is -2.34. The van der Waals surface area contributed by atoms with Crippen LogP contribution in [-0.2, 0) is 9.59 Å². The van der Waals surface area contributed by atoms with Gasteiger partial charge in [0.25, 0.3) is 0 Å². The van der Waals surface area contributed by atoms with E-state index in [1.165, 1.54) is 13.2 Å². The number of pyridine rings is 1. The predicted molar refractivity (Wildman–Crippen MR) is 94.2 cm³/mol. The number of hydrogen-bond acceptors (Lipinski definition) is 5. The second-order valence-electron chi connectivity index (χ2n) is 5.91. The first-order valence-electron chi connectivity index (χ1n) is 8.09. The first kappa shape index (κ1) is 19.1. The smallest absolute Gasteiger partial charge is 0.321 e. The van der Waals surface area contributed by atoms with Crippen molar-refractivity contribution in [1.29, 1.82) is 0 Å². The Labute approximate surface area is 151 Å². The van der Waals surface area contributed by atoms with Crippen molar-refractivity contribution in [2.45, 2.75) is 25.8 Å². The molecule has 1 fully saturated rings. The average molecular weight is 368 g/mol. The summed E-state index contributed by atoms with van der Waals surface area (Å²) in [6.45, 7) is 2.96. The number of halogens is 1. The number of likely N-dealkylation sites (tertiary alicyclic amines) is 1. The topological polar surface area (TPSA) is 103 Å². The summed E-state index contributed by atoms with van der Waals surface area (Å²) in [4.78, 5) is 41.5. The molecule has 1 aliphatic heterocycles. The molecule has 0 spiro atoms. The second kappa shape index (κ2) is 8.77. The van der Waals surface area contributed by atoms with Crippen molar-refractivity contribution in [3.8, 4) is 0 Å². The summed E-state index contributed by atoms with van der Waals surface area (Å²) in [6, 6.07) is 2.36. The molecule has 3 N–H and O–H groups in total. The Morgan fingerprint density at radius 1 is 1.28 bits per heavy atom. The highest BCUT2D eigenvalue weighted by atomic mass is 35.5. The molecule has 1 aliphatic rings. The van der Waals surface area contributed by atoms with Crippen LogP contribution >= 0.6 is 11.6 Å². The molecular weight excluding hydrogens is 346 g/mol. The van der Waals surface area contributed by atoms with Crippen LogP contribution in [0, 0.1) is 5.92 Å². The maximum atomic E-state index is 12.3. The lowest BCUT2D eigenvalue weighted by atomic mass is 9.95. The third-order valence-corrected chi connectivity index (χ3v) is 4.49. The number of imide groups is 1. The number of aromatic nitrogens is 1. The molecule has 1 unspecified atom stereocenters. The minimum atomic E-state index is -0.526. The van der Waals surface area contributed by atoms with Crippen LogP contribution in [0.25, 0.3) is 0 Å². The summed E-state index contributed by atoms with van der Waals surface area (Å²) in [5.74, 6) is -0.109. The third-order valence-electron chi connectivity index (χ3n) is 4.27. The molecule has 0 aromatic carbocycles. The molecule has 2 rings (SSSR count). The Bertz CT molecular complexity index is 629. The number of piperidine rings is 1. The fourth-order valence-electron chi connectivity index (χ4n) is 2.67. The van der Waals surface area contributed by atoms with Gasteiger partial charge in [0.05, 0.1) is 11.1 Å². The Balaban J connectivity index is 1.82. The molecule has 0 aliphatic carbocycles. The van der Waals surface area contributed by atoms with Gasteiger partial charge in [0, 0.05) is 19.2 Å². The number of nitrogens with zero attached hydrogens (tertiary/aromatic N) is 2. The van der Waals surface area contributed by atoms with Gasteiger partial charge in [0.2, 0.25) is 11.8 Å². The fraction of sp³-hybridized carbons (Fsp3) is 0.500. The zero-order valence-corrected chi connectivity index (χ0v) is 15.0. The van der Waals surface area contributed by atoms with Gasteiger partial charge in [-0.25, -0.2) is 9.78 Å². The number of urea groups is 1. The molecule has 1 atom stereocenters. The van der Waals surface area contributed by atoms with Crippen LogP contribution in [0.2, 0.25) is 5.02 Å². The SMILES string of the molecule is CNC(=O)NC(=O)C(C)N1CCC(C(=O)Nc2ccc(Cl)cn2)CC1. The summed E-state index contributed by atoms with van der Waals surface area (Å²) in [7, 11) is 1.45. The van der Waals surface area contributed by atoms with Gasteiger partial charge in [-0.3, -0.25) is 19.8 Å². The van der Waals surface area contributed by atoms with Gasteiger partial charge in [-0.05, 0) is 45.0 Å². The van der Waals surface area contributed by atoms with Crippen LogP contribution in [-0.4, -0.2) is 53.9 Å². The van der Waals surface area contributed by atoms with E-state index in [-0.39, 0.29) is 17.7 Å². The first-order chi connectivity index (χ1) is 11.9. The van der Waals surface area contributed by atoms with Crippen LogP contribution in [0.3, 0.4) is 0 Å². The number of anilines is 1. The Morgan fingerprint density at radius 3 is 2.52 bits per heavy atom. The van der Waals surface area contributed by atoms with E-state index in [9.17, 15) is 14.4 Å². The van der Waals surface area contributed by atoms with E-state index >= 15 is 0 Å². The van der Waals surface area contributed by atoms with Crippen molar-refractivity contribution >= 4 is 35.3 Å². The standard InChI is InChI=1S/C16H22ClN5O3/c1-10(14(23)21-16(25)18-2)22-7-5-11(6-8-22)15(24)20-13-4-3-12(17)9-19-13/h3-4,9-11H,5-8H2,1-2H3,(H,19,20,24)(H2,18,21,23,25). The highest BCUT2D eigenvalue weighted by molar-refractivity contribution is 6.30. The Morgan fingerprint density at radius 2 is 1.96 bits per heavy atom. The van der Waals surface area contributed by atoms with Gasteiger partial charge < -0.3 is 10.6 Å². The molecule has 8 nitrogen and oxygen atoms in total. The van der Waals surface area contributed by atoms with E-state index in [2.05, 4.69) is 20.9 Å². The van der Waals surface area contributed by atoms with Crippen molar-refractivity contribution in [1.82, 2.24) is 20.5 Å². The maximum Gasteiger partial charge on any atom is 0.321 e. The van der Waals surface area contributed by atoms with E-state index in [0.717, 1.165) is 0 Å². The van der Waals surface area contributed by atoms with Crippen molar-refractivity contribution < 1.29 is 14.4 Å². The highest BCUT2D eigenvalue weighted by Crippen LogP contribution is 2.21. The normalized spacial score (nSPS) is 16.8. The van der Waals surface area contributed by atoms with Crippen LogP contribution in [0.1, 0.15) is 19.8 Å². The third kappa shape index (κ3) is 5.40. The summed E-state index contributed by atoms with van der Waals surface area (Å²) < 4.78 is 0. The molecule has 0 radical (unpaired) electrons. The molecule has 9 heteroatoms. The Kier molecular flexibility index (Phi) is 6.72. The van der Waals surface area contributed by atoms with E-state index in [0.29, 0.717) is 36.8 Å². The molecule has 25 heavy (non-hydrogen) atoms. The molecule has 2 heterocycles. The Hall–Kier alpha value is -2.19. The fourth-order valence-corrected chi connectivity index (χ4v) is 2.78. The van der Waals surface area contributed by atoms with E-state index in [1.807, 2.05) is 4.90 Å². The number of rotatable bonds is 4. The number of nitrogens with one attached hydrogen (secondary N) is 3. The van der Waals surface area contributed by atoms with Gasteiger partial charge in [0.1, 0.15) is 5.82 Å². The lowest BCUT2D eigenvalue weighted by molar-refractivity contribution is -0.126. The van der Waals surface area contributed by atoms with E-state index in [1.54, 1.807) is 19.1 Å². The highest BCUT2D eigenvalue weighted by Gasteiger charge is 2.30. The molecule has 4 amide bonds. The molecular formula is C16H22ClN5O3. The number of hydrogen-bond donors (Lipinski definition) is 3. The van der Waals surface area contributed by atoms with Crippen LogP contribution in [0.4, 0.5) is 10.6 Å². The minimum Gasteiger partial charge on any atom is -0.341 e. The van der Waals surface area contributed by atoms with Gasteiger partial charge in [-0.15, -0.1) is 0 Å². The van der Waals surface area contributed by atoms with Gasteiger partial charge >= 0.3 is 6.03 Å². The second-order valence-corrected chi connectivity index (χ2v) is 6.34. The van der Waals surface area contributed by atoms with E-state index < -0.39 is 12.1 Å². The van der Waals surface area contributed by atoms with Crippen LogP contribution < -0.4 is 16.0 Å². The van der Waals surface area contributed by atoms with Crippen molar-refractivity contribution in [3.05, 3.63) is 23.4 Å². The maximum absolute atomic E-state index is 12.3. The summed E-state index contributed by atoms with van der Waals surface area (Å²) >= 11 is 5.77. The predicted octanol–water partition coefficient (Wildman–Crippen LogP) is 1.23. The summed E-state index contributed by atoms with van der Waals surface area (Å²) in [5, 5.41) is 7.90. The van der Waals surface area contributed by atoms with Crippen LogP contribution in [0.5, 0.6) is 0 Å². The van der Waals surface area contributed by atoms with Gasteiger partial charge in [-0.1, -0.05) is 11.6 Å². The average Bonchev–Trinajstić information content (AvgIpc) is 2.62. The quantitative estimate of drug-likeness (QED) is 0.742. The lowest BCUT2D eigenvalue weighted by Crippen LogP contribution is -2.51. The molecule has 136 valence electrons. The van der Waals surface area contributed by atoms with Gasteiger partial charge in [0.15, 0.2) is 0 Å². The zero-order chi connectivity index (χ0) is 18.4. The van der Waals surface area contributed by atoms with Crippen molar-refractivity contribution in [2.75, 3.05) is 25.5 Å². The molecule has 1 aromatic heterocycles. The van der Waals surface area contributed by atoms with E-state index in [4.69, 9.17) is 11.6 Å². The number of amides is 4. The monoisotopic (exact) mass is 367 g/mol. The van der Waals surface area contributed by atoms with Crippen LogP contribution in [0.15, 0.2) is 18.3 Å². The minimum absolute atomic E-state index is 0.0862. The van der Waals surface area contributed by atoms with Crippen molar-refractivity contribution in [2.24, 2.45) is 5.92 Å². The zero-order valence-electron chi connectivity index (χ0n) is 14.2. The van der Waals surface area contributed by atoms with Crippen molar-refractivity contribution in [3.63, 3.8) is 0 Å². The molecule has 1 aromatic rings. The van der Waals surface area contributed by atoms with Gasteiger partial charge in [-0.2, -0.15) is 0 Å². The number of carbonyl (C=O) groups is 3. The molecule has 1 saturated heterocycles. The summed E-state index contributed by atoms with van der Waals surface area (Å²) in [5.41, 5.74) is 0. The number of carbonyl (C=O) groups excluding carboxylic acids is 3. The largest absolute Gasteiger partial charge is 0.341 e. The first-order valence-corrected chi connectivity index (χ1v) is 8.47. The summed E-state index contributed by atoms with van der Waals surface area (Å²) in [6.07, 6.45) is 2.75.